The fourth-order valence-electron chi connectivity index (χ4n) is 1.63. The zero-order chi connectivity index (χ0) is 17.5. The molecule has 2 N–H and O–H groups in total. The van der Waals surface area contributed by atoms with Crippen LogP contribution in [-0.2, 0) is 9.53 Å². The van der Waals surface area contributed by atoms with Crippen LogP contribution in [0, 0.1) is 5.92 Å². The average molecular weight is 322 g/mol. The van der Waals surface area contributed by atoms with Gasteiger partial charge in [0.2, 0.25) is 5.91 Å². The van der Waals surface area contributed by atoms with Crippen molar-refractivity contribution < 1.29 is 19.1 Å². The van der Waals surface area contributed by atoms with Gasteiger partial charge >= 0.3 is 6.09 Å². The number of amides is 2. The molecule has 0 saturated carbocycles. The number of ether oxygens (including phenoxy) is 2. The van der Waals surface area contributed by atoms with Crippen LogP contribution in [0.2, 0.25) is 0 Å². The van der Waals surface area contributed by atoms with Crippen molar-refractivity contribution in [3.63, 3.8) is 0 Å². The summed E-state index contributed by atoms with van der Waals surface area (Å²) in [5.74, 6) is 0.558. The minimum Gasteiger partial charge on any atom is -0.492 e. The molecule has 1 aromatic carbocycles. The van der Waals surface area contributed by atoms with Gasteiger partial charge in [-0.2, -0.15) is 0 Å². The Bertz CT molecular complexity index is 536. The summed E-state index contributed by atoms with van der Waals surface area (Å²) in [5, 5.41) is 5.42. The molecule has 0 bridgehead atoms. The number of hydrogen-bond donors (Lipinski definition) is 2. The quantitative estimate of drug-likeness (QED) is 0.789. The Hall–Kier alpha value is -2.24. The lowest BCUT2D eigenvalue weighted by atomic mass is 10.2. The van der Waals surface area contributed by atoms with Gasteiger partial charge in [-0.3, -0.25) is 10.1 Å². The highest BCUT2D eigenvalue weighted by Gasteiger charge is 2.16. The Morgan fingerprint density at radius 1 is 1.22 bits per heavy atom. The van der Waals surface area contributed by atoms with E-state index < -0.39 is 11.7 Å². The second-order valence-corrected chi connectivity index (χ2v) is 6.45. The first-order chi connectivity index (χ1) is 10.7. The number of hydrogen-bond acceptors (Lipinski definition) is 4. The van der Waals surface area contributed by atoms with Crippen molar-refractivity contribution in [2.24, 2.45) is 5.92 Å². The topological polar surface area (TPSA) is 76.7 Å². The van der Waals surface area contributed by atoms with Crippen LogP contribution in [0.4, 0.5) is 10.5 Å². The van der Waals surface area contributed by atoms with Gasteiger partial charge < -0.3 is 14.8 Å². The molecule has 0 aliphatic rings. The summed E-state index contributed by atoms with van der Waals surface area (Å²) >= 11 is 0. The van der Waals surface area contributed by atoms with Crippen molar-refractivity contribution >= 4 is 17.7 Å². The van der Waals surface area contributed by atoms with Gasteiger partial charge in [0.05, 0.1) is 6.54 Å². The highest BCUT2D eigenvalue weighted by Crippen LogP contribution is 2.18. The minimum atomic E-state index is -0.549. The van der Waals surface area contributed by atoms with Crippen LogP contribution in [0.15, 0.2) is 24.3 Å². The summed E-state index contributed by atoms with van der Waals surface area (Å²) in [6.07, 6.45) is -0.515. The van der Waals surface area contributed by atoms with Crippen molar-refractivity contribution in [1.82, 2.24) is 5.32 Å². The Morgan fingerprint density at radius 2 is 1.91 bits per heavy atom. The van der Waals surface area contributed by atoms with Crippen LogP contribution < -0.4 is 15.4 Å². The number of rotatable bonds is 6. The monoisotopic (exact) mass is 322 g/mol. The lowest BCUT2D eigenvalue weighted by Gasteiger charge is -2.19. The number of nitrogens with one attached hydrogen (secondary N) is 2. The Labute approximate surface area is 137 Å². The van der Waals surface area contributed by atoms with E-state index in [9.17, 15) is 9.59 Å². The highest BCUT2D eigenvalue weighted by molar-refractivity contribution is 5.85. The van der Waals surface area contributed by atoms with Crippen molar-refractivity contribution in [2.75, 3.05) is 18.5 Å². The van der Waals surface area contributed by atoms with Crippen molar-refractivity contribution in [3.05, 3.63) is 24.3 Å². The van der Waals surface area contributed by atoms with E-state index in [0.717, 1.165) is 0 Å². The summed E-state index contributed by atoms with van der Waals surface area (Å²) < 4.78 is 10.7. The molecule has 0 aromatic heterocycles. The van der Waals surface area contributed by atoms with E-state index in [1.165, 1.54) is 0 Å². The number of benzene rings is 1. The normalized spacial score (nSPS) is 11.0. The molecule has 0 unspecified atom stereocenters. The molecule has 1 rings (SSSR count). The second-order valence-electron chi connectivity index (χ2n) is 6.45. The van der Waals surface area contributed by atoms with Crippen LogP contribution in [0.25, 0.3) is 0 Å². The lowest BCUT2D eigenvalue weighted by molar-refractivity contribution is -0.124. The molecule has 0 heterocycles. The van der Waals surface area contributed by atoms with E-state index in [2.05, 4.69) is 10.6 Å². The largest absolute Gasteiger partial charge is 0.492 e. The first kappa shape index (κ1) is 18.8. The van der Waals surface area contributed by atoms with E-state index >= 15 is 0 Å². The second kappa shape index (κ2) is 8.41. The molecule has 2 amide bonds. The third kappa shape index (κ3) is 8.09. The molecular weight excluding hydrogens is 296 g/mol. The lowest BCUT2D eigenvalue weighted by Crippen LogP contribution is -2.31. The summed E-state index contributed by atoms with van der Waals surface area (Å²) in [7, 11) is 0. The molecule has 128 valence electrons. The number of carbonyl (C=O) groups is 2. The standard InChI is InChI=1S/C17H26N2O4/c1-12(2)15(20)18-9-10-22-14-8-6-7-13(11-14)19-16(21)23-17(3,4)5/h6-8,11-12H,9-10H2,1-5H3,(H,18,20)(H,19,21). The number of anilines is 1. The predicted octanol–water partition coefficient (Wildman–Crippen LogP) is 3.18. The SMILES string of the molecule is CC(C)C(=O)NCCOc1cccc(NC(=O)OC(C)(C)C)c1. The molecule has 6 heteroatoms. The minimum absolute atomic E-state index is 0.00561. The van der Waals surface area contributed by atoms with Gasteiger partial charge in [0, 0.05) is 17.7 Å². The summed E-state index contributed by atoms with van der Waals surface area (Å²) in [6, 6.07) is 7.00. The maximum atomic E-state index is 11.7. The Kier molecular flexibility index (Phi) is 6.88. The molecule has 1 aromatic rings. The first-order valence-electron chi connectivity index (χ1n) is 7.68. The Balaban J connectivity index is 2.44. The molecule has 23 heavy (non-hydrogen) atoms. The van der Waals surface area contributed by atoms with Crippen LogP contribution in [-0.4, -0.2) is 30.8 Å². The maximum absolute atomic E-state index is 11.7. The van der Waals surface area contributed by atoms with E-state index in [4.69, 9.17) is 9.47 Å². The summed E-state index contributed by atoms with van der Waals surface area (Å²) in [5.41, 5.74) is 0.0373. The molecule has 0 radical (unpaired) electrons. The molecule has 0 aliphatic carbocycles. The molecule has 0 atom stereocenters. The van der Waals surface area contributed by atoms with E-state index in [1.807, 2.05) is 13.8 Å². The van der Waals surface area contributed by atoms with Gasteiger partial charge in [-0.15, -0.1) is 0 Å². The zero-order valence-electron chi connectivity index (χ0n) is 14.4. The van der Waals surface area contributed by atoms with Crippen molar-refractivity contribution in [3.8, 4) is 5.75 Å². The molecular formula is C17H26N2O4. The van der Waals surface area contributed by atoms with E-state index in [0.29, 0.717) is 24.6 Å². The van der Waals surface area contributed by atoms with Gasteiger partial charge in [0.15, 0.2) is 0 Å². The van der Waals surface area contributed by atoms with Gasteiger partial charge in [-0.1, -0.05) is 19.9 Å². The molecule has 6 nitrogen and oxygen atoms in total. The molecule has 0 fully saturated rings. The van der Waals surface area contributed by atoms with E-state index in [-0.39, 0.29) is 11.8 Å². The maximum Gasteiger partial charge on any atom is 0.412 e. The third-order valence-electron chi connectivity index (χ3n) is 2.67. The molecule has 0 aliphatic heterocycles. The molecule has 0 spiro atoms. The van der Waals surface area contributed by atoms with Gasteiger partial charge in [0.1, 0.15) is 18.0 Å². The van der Waals surface area contributed by atoms with Crippen molar-refractivity contribution in [2.45, 2.75) is 40.2 Å². The molecule has 0 saturated heterocycles. The first-order valence-corrected chi connectivity index (χ1v) is 7.68. The van der Waals surface area contributed by atoms with Crippen LogP contribution >= 0.6 is 0 Å². The smallest absolute Gasteiger partial charge is 0.412 e. The van der Waals surface area contributed by atoms with Crippen LogP contribution in [0.5, 0.6) is 5.75 Å². The summed E-state index contributed by atoms with van der Waals surface area (Å²) in [6.45, 7) is 9.87. The van der Waals surface area contributed by atoms with E-state index in [1.54, 1.807) is 45.0 Å². The van der Waals surface area contributed by atoms with Gasteiger partial charge in [0.25, 0.3) is 0 Å². The fourth-order valence-corrected chi connectivity index (χ4v) is 1.63. The summed E-state index contributed by atoms with van der Waals surface area (Å²) in [4.78, 5) is 23.1. The third-order valence-corrected chi connectivity index (χ3v) is 2.67. The van der Waals surface area contributed by atoms with Gasteiger partial charge in [-0.05, 0) is 32.9 Å². The van der Waals surface area contributed by atoms with Crippen molar-refractivity contribution in [1.29, 1.82) is 0 Å². The van der Waals surface area contributed by atoms with Crippen LogP contribution in [0.3, 0.4) is 0 Å². The average Bonchev–Trinajstić information content (AvgIpc) is 2.41. The predicted molar refractivity (Wildman–Crippen MR) is 89.6 cm³/mol. The van der Waals surface area contributed by atoms with Gasteiger partial charge in [-0.25, -0.2) is 4.79 Å². The Morgan fingerprint density at radius 3 is 2.52 bits per heavy atom. The highest BCUT2D eigenvalue weighted by atomic mass is 16.6. The number of carbonyl (C=O) groups excluding carboxylic acids is 2. The van der Waals surface area contributed by atoms with Crippen LogP contribution in [0.1, 0.15) is 34.6 Å². The zero-order valence-corrected chi connectivity index (χ0v) is 14.4. The fraction of sp³-hybridized carbons (Fsp3) is 0.529.